The van der Waals surface area contributed by atoms with Crippen molar-refractivity contribution in [2.45, 2.75) is 17.8 Å². The lowest BCUT2D eigenvalue weighted by atomic mass is 9.91. The molecule has 34 heavy (non-hydrogen) atoms. The van der Waals surface area contributed by atoms with Gasteiger partial charge in [-0.25, -0.2) is 0 Å². The van der Waals surface area contributed by atoms with Crippen LogP contribution in [0.1, 0.15) is 23.5 Å². The number of hydrogen-bond acceptors (Lipinski definition) is 4. The Balaban J connectivity index is 1.19. The van der Waals surface area contributed by atoms with Gasteiger partial charge in [0.05, 0.1) is 16.6 Å². The highest BCUT2D eigenvalue weighted by Crippen LogP contribution is 2.66. The fourth-order valence-corrected chi connectivity index (χ4v) is 6.09. The largest absolute Gasteiger partial charge is 0.369 e. The zero-order chi connectivity index (χ0) is 22.9. The van der Waals surface area contributed by atoms with Gasteiger partial charge in [-0.3, -0.25) is 9.89 Å². The summed E-state index contributed by atoms with van der Waals surface area (Å²) in [5.74, 6) is 0.425. The molecular weight excluding hydrogens is 422 g/mol. The molecule has 3 aliphatic rings. The van der Waals surface area contributed by atoms with Gasteiger partial charge >= 0.3 is 0 Å². The molecule has 2 atom stereocenters. The van der Waals surface area contributed by atoms with Crippen LogP contribution < -0.4 is 15.1 Å². The van der Waals surface area contributed by atoms with Crippen LogP contribution in [-0.4, -0.2) is 49.3 Å². The summed E-state index contributed by atoms with van der Waals surface area (Å²) < 4.78 is 0. The molecule has 0 bridgehead atoms. The number of carbonyl (C=O) groups excluding carboxylic acids is 1. The molecule has 0 radical (unpaired) electrons. The van der Waals surface area contributed by atoms with Gasteiger partial charge < -0.3 is 15.1 Å². The van der Waals surface area contributed by atoms with Crippen molar-refractivity contribution >= 4 is 28.2 Å². The van der Waals surface area contributed by atoms with E-state index < -0.39 is 5.41 Å². The minimum Gasteiger partial charge on any atom is -0.369 e. The van der Waals surface area contributed by atoms with E-state index in [4.69, 9.17) is 0 Å². The zero-order valence-corrected chi connectivity index (χ0v) is 19.2. The number of H-pyrrole nitrogens is 1. The second-order valence-corrected chi connectivity index (χ2v) is 9.77. The first-order chi connectivity index (χ1) is 16.7. The van der Waals surface area contributed by atoms with Crippen molar-refractivity contribution in [3.63, 3.8) is 0 Å². The first kappa shape index (κ1) is 19.8. The van der Waals surface area contributed by atoms with Crippen molar-refractivity contribution < 1.29 is 4.79 Å². The number of rotatable bonds is 3. The van der Waals surface area contributed by atoms with Gasteiger partial charge in [0.15, 0.2) is 0 Å². The summed E-state index contributed by atoms with van der Waals surface area (Å²) in [6.45, 7) is 4.14. The van der Waals surface area contributed by atoms with Crippen LogP contribution in [0.15, 0.2) is 66.7 Å². The minimum atomic E-state index is -0.401. The van der Waals surface area contributed by atoms with Crippen LogP contribution in [-0.2, 0) is 10.2 Å². The summed E-state index contributed by atoms with van der Waals surface area (Å²) in [5, 5.41) is 12.4. The highest BCUT2D eigenvalue weighted by atomic mass is 16.2. The van der Waals surface area contributed by atoms with Crippen molar-refractivity contribution in [2.75, 3.05) is 43.0 Å². The van der Waals surface area contributed by atoms with E-state index in [9.17, 15) is 4.79 Å². The summed E-state index contributed by atoms with van der Waals surface area (Å²) >= 11 is 0. The van der Waals surface area contributed by atoms with Crippen molar-refractivity contribution in [2.24, 2.45) is 0 Å². The van der Waals surface area contributed by atoms with E-state index in [-0.39, 0.29) is 11.8 Å². The first-order valence-electron chi connectivity index (χ1n) is 12.1. The molecule has 6 nitrogen and oxygen atoms in total. The molecule has 7 rings (SSSR count). The summed E-state index contributed by atoms with van der Waals surface area (Å²) in [6.07, 6.45) is 0.868. The molecule has 1 spiro atoms. The number of nitrogens with one attached hydrogen (secondary N) is 2. The normalized spacial score (nSPS) is 23.7. The Morgan fingerprint density at radius 1 is 1.00 bits per heavy atom. The average molecular weight is 450 g/mol. The van der Waals surface area contributed by atoms with Crippen LogP contribution in [0.4, 0.5) is 11.4 Å². The van der Waals surface area contributed by atoms with Crippen LogP contribution >= 0.6 is 0 Å². The average Bonchev–Trinajstić information content (AvgIpc) is 3.46. The van der Waals surface area contributed by atoms with Gasteiger partial charge in [0.2, 0.25) is 5.91 Å². The van der Waals surface area contributed by atoms with Gasteiger partial charge in [0, 0.05) is 61.5 Å². The fourth-order valence-electron chi connectivity index (χ4n) is 6.09. The Hall–Kier alpha value is -3.64. The number of benzene rings is 3. The molecule has 6 heteroatoms. The molecular formula is C28H27N5O. The summed E-state index contributed by atoms with van der Waals surface area (Å²) in [5.41, 5.74) is 7.39. The maximum absolute atomic E-state index is 13.2. The van der Waals surface area contributed by atoms with Gasteiger partial charge in [0.25, 0.3) is 0 Å². The topological polar surface area (TPSA) is 64.3 Å². The van der Waals surface area contributed by atoms with Crippen molar-refractivity contribution in [1.82, 2.24) is 15.5 Å². The van der Waals surface area contributed by atoms with Crippen LogP contribution in [0, 0.1) is 0 Å². The lowest BCUT2D eigenvalue weighted by molar-refractivity contribution is -0.120. The number of piperazine rings is 1. The second-order valence-electron chi connectivity index (χ2n) is 9.77. The number of fused-ring (bicyclic) bond motifs is 3. The van der Waals surface area contributed by atoms with E-state index >= 15 is 0 Å². The number of carbonyl (C=O) groups is 1. The molecule has 3 heterocycles. The predicted molar refractivity (Wildman–Crippen MR) is 136 cm³/mol. The van der Waals surface area contributed by atoms with E-state index in [1.54, 1.807) is 0 Å². The minimum absolute atomic E-state index is 0.209. The van der Waals surface area contributed by atoms with Gasteiger partial charge in [-0.05, 0) is 41.8 Å². The number of aromatic amines is 1. The monoisotopic (exact) mass is 449 g/mol. The molecule has 1 saturated heterocycles. The lowest BCUT2D eigenvalue weighted by Gasteiger charge is -2.29. The van der Waals surface area contributed by atoms with Crippen molar-refractivity contribution in [3.8, 4) is 11.3 Å². The fraction of sp³-hybridized carbons (Fsp3) is 0.286. The van der Waals surface area contributed by atoms with Crippen LogP contribution in [0.3, 0.4) is 0 Å². The SMILES string of the molecule is CN1C(=O)C2(CC2c2ccc3c(-c4ccc(N5CCNCC5)cc4)n[nH]c3c2)c2ccccc21. The Labute approximate surface area is 198 Å². The van der Waals surface area contributed by atoms with Gasteiger partial charge in [-0.1, -0.05) is 42.5 Å². The number of anilines is 2. The molecule has 2 N–H and O–H groups in total. The molecule has 3 aromatic carbocycles. The highest BCUT2D eigenvalue weighted by molar-refractivity contribution is 6.11. The number of aromatic nitrogens is 2. The first-order valence-corrected chi connectivity index (χ1v) is 12.1. The van der Waals surface area contributed by atoms with Crippen LogP contribution in [0.5, 0.6) is 0 Å². The predicted octanol–water partition coefficient (Wildman–Crippen LogP) is 4.04. The second kappa shape index (κ2) is 7.18. The standard InChI is InChI=1S/C28H27N5O/c1-32-25-5-3-2-4-22(25)28(27(32)34)17-23(28)19-8-11-21-24(16-19)30-31-26(21)18-6-9-20(10-7-18)33-14-12-29-13-15-33/h2-11,16,23,29H,12-15,17H2,1H3,(H,30,31). The molecule has 4 aromatic rings. The van der Waals surface area contributed by atoms with Gasteiger partial charge in [-0.2, -0.15) is 5.10 Å². The van der Waals surface area contributed by atoms with Gasteiger partial charge in [-0.15, -0.1) is 0 Å². The number of hydrogen-bond donors (Lipinski definition) is 2. The number of para-hydroxylation sites is 1. The van der Waals surface area contributed by atoms with E-state index in [1.807, 2.05) is 24.1 Å². The molecule has 2 aliphatic heterocycles. The molecule has 2 unspecified atom stereocenters. The third-order valence-corrected chi connectivity index (χ3v) is 8.01. The molecule has 1 aliphatic carbocycles. The summed E-state index contributed by atoms with van der Waals surface area (Å²) in [7, 11) is 1.89. The number of amides is 1. The van der Waals surface area contributed by atoms with Gasteiger partial charge in [0.1, 0.15) is 0 Å². The molecule has 1 saturated carbocycles. The van der Waals surface area contributed by atoms with Crippen LogP contribution in [0.25, 0.3) is 22.2 Å². The third-order valence-electron chi connectivity index (χ3n) is 8.01. The van der Waals surface area contributed by atoms with E-state index in [1.165, 1.54) is 16.8 Å². The number of nitrogens with zero attached hydrogens (tertiary/aromatic N) is 3. The molecule has 170 valence electrons. The maximum Gasteiger partial charge on any atom is 0.238 e. The van der Waals surface area contributed by atoms with Crippen molar-refractivity contribution in [3.05, 3.63) is 77.9 Å². The summed E-state index contributed by atoms with van der Waals surface area (Å²) in [6, 6.07) is 23.5. The summed E-state index contributed by atoms with van der Waals surface area (Å²) in [4.78, 5) is 17.5. The lowest BCUT2D eigenvalue weighted by Crippen LogP contribution is -2.43. The molecule has 1 aromatic heterocycles. The maximum atomic E-state index is 13.2. The smallest absolute Gasteiger partial charge is 0.238 e. The van der Waals surface area contributed by atoms with E-state index in [0.29, 0.717) is 0 Å². The Bertz CT molecular complexity index is 1420. The Kier molecular flexibility index (Phi) is 4.18. The Morgan fingerprint density at radius 3 is 2.62 bits per heavy atom. The quantitative estimate of drug-likeness (QED) is 0.496. The van der Waals surface area contributed by atoms with Crippen LogP contribution in [0.2, 0.25) is 0 Å². The highest BCUT2D eigenvalue weighted by Gasteiger charge is 2.66. The van der Waals surface area contributed by atoms with E-state index in [0.717, 1.165) is 60.4 Å². The Morgan fingerprint density at radius 2 is 1.79 bits per heavy atom. The van der Waals surface area contributed by atoms with Crippen molar-refractivity contribution in [1.29, 1.82) is 0 Å². The zero-order valence-electron chi connectivity index (χ0n) is 19.2. The molecule has 1 amide bonds. The van der Waals surface area contributed by atoms with E-state index in [2.05, 4.69) is 75.0 Å². The number of likely N-dealkylation sites (N-methyl/N-ethyl adjacent to an activating group) is 1. The molecule has 2 fully saturated rings. The third kappa shape index (κ3) is 2.72.